The molecule has 2 fully saturated rings. The summed E-state index contributed by atoms with van der Waals surface area (Å²) in [5, 5.41) is 4.16. The van der Waals surface area contributed by atoms with Crippen LogP contribution in [0.3, 0.4) is 0 Å². The topological polar surface area (TPSA) is 52.0 Å². The fourth-order valence-electron chi connectivity index (χ4n) is 2.46. The number of nitrogens with zero attached hydrogens (tertiary/aromatic N) is 1. The summed E-state index contributed by atoms with van der Waals surface area (Å²) in [6, 6.07) is 0. The third-order valence-electron chi connectivity index (χ3n) is 3.47. The highest BCUT2D eigenvalue weighted by Gasteiger charge is 2.33. The molecule has 3 rings (SSSR count). The van der Waals surface area contributed by atoms with E-state index < -0.39 is 0 Å². The Morgan fingerprint density at radius 2 is 1.79 bits per heavy atom. The van der Waals surface area contributed by atoms with Crippen LogP contribution in [0.25, 0.3) is 0 Å². The number of nitrogen functional groups attached to an aromatic ring is 1. The van der Waals surface area contributed by atoms with Gasteiger partial charge in [0.05, 0.1) is 5.69 Å². The molecule has 3 nitrogen and oxygen atoms in total. The maximum Gasteiger partial charge on any atom is 0.162 e. The van der Waals surface area contributed by atoms with Crippen LogP contribution >= 0.6 is 0 Å². The molecule has 2 saturated carbocycles. The third-order valence-corrected chi connectivity index (χ3v) is 3.47. The molecule has 1 aromatic rings. The summed E-state index contributed by atoms with van der Waals surface area (Å²) in [6.45, 7) is 0. The second-order valence-electron chi connectivity index (χ2n) is 4.60. The molecule has 0 aromatic carbocycles. The van der Waals surface area contributed by atoms with Gasteiger partial charge in [0, 0.05) is 11.8 Å². The van der Waals surface area contributed by atoms with Crippen molar-refractivity contribution in [3.8, 4) is 0 Å². The molecule has 0 radical (unpaired) electrons. The van der Waals surface area contributed by atoms with E-state index in [-0.39, 0.29) is 0 Å². The zero-order chi connectivity index (χ0) is 9.54. The molecular weight excluding hydrogens is 176 g/mol. The van der Waals surface area contributed by atoms with Gasteiger partial charge in [-0.25, -0.2) is 0 Å². The minimum atomic E-state index is 0.575. The van der Waals surface area contributed by atoms with E-state index in [9.17, 15) is 0 Å². The van der Waals surface area contributed by atoms with Gasteiger partial charge < -0.3 is 10.3 Å². The minimum absolute atomic E-state index is 0.575. The van der Waals surface area contributed by atoms with E-state index in [4.69, 9.17) is 10.3 Å². The second-order valence-corrected chi connectivity index (χ2v) is 4.60. The first-order chi connectivity index (χ1) is 6.86. The minimum Gasteiger partial charge on any atom is -0.394 e. The Morgan fingerprint density at radius 3 is 2.43 bits per heavy atom. The Balaban J connectivity index is 1.89. The van der Waals surface area contributed by atoms with Gasteiger partial charge in [0.1, 0.15) is 5.69 Å². The molecule has 2 aliphatic rings. The van der Waals surface area contributed by atoms with E-state index in [1.165, 1.54) is 38.5 Å². The van der Waals surface area contributed by atoms with Crippen molar-refractivity contribution in [2.24, 2.45) is 0 Å². The van der Waals surface area contributed by atoms with Gasteiger partial charge in [0.15, 0.2) is 5.76 Å². The van der Waals surface area contributed by atoms with Crippen LogP contribution in [-0.4, -0.2) is 5.16 Å². The molecule has 1 aromatic heterocycles. The zero-order valence-corrected chi connectivity index (χ0v) is 8.33. The molecule has 1 heterocycles. The van der Waals surface area contributed by atoms with Crippen molar-refractivity contribution in [2.75, 3.05) is 5.73 Å². The predicted octanol–water partition coefficient (Wildman–Crippen LogP) is 2.79. The van der Waals surface area contributed by atoms with Gasteiger partial charge >= 0.3 is 0 Å². The number of hydrogen-bond acceptors (Lipinski definition) is 3. The fourth-order valence-corrected chi connectivity index (χ4v) is 2.46. The van der Waals surface area contributed by atoms with Gasteiger partial charge in [-0.15, -0.1) is 0 Å². The van der Waals surface area contributed by atoms with Gasteiger partial charge in [-0.3, -0.25) is 0 Å². The molecular formula is C11H16N2O. The van der Waals surface area contributed by atoms with Crippen LogP contribution in [0.4, 0.5) is 5.69 Å². The Morgan fingerprint density at radius 1 is 1.07 bits per heavy atom. The molecule has 3 heteroatoms. The van der Waals surface area contributed by atoms with Crippen molar-refractivity contribution in [1.82, 2.24) is 5.16 Å². The molecule has 0 unspecified atom stereocenters. The zero-order valence-electron chi connectivity index (χ0n) is 8.33. The van der Waals surface area contributed by atoms with Crippen LogP contribution in [0.15, 0.2) is 4.52 Å². The van der Waals surface area contributed by atoms with Gasteiger partial charge in [0.2, 0.25) is 0 Å². The largest absolute Gasteiger partial charge is 0.394 e. The molecule has 0 saturated heterocycles. The third kappa shape index (κ3) is 1.22. The van der Waals surface area contributed by atoms with E-state index >= 15 is 0 Å². The molecule has 14 heavy (non-hydrogen) atoms. The number of rotatable bonds is 2. The maximum atomic E-state index is 6.07. The molecule has 2 aliphatic carbocycles. The lowest BCUT2D eigenvalue weighted by molar-refractivity contribution is 0.374. The first kappa shape index (κ1) is 8.33. The molecule has 0 atom stereocenters. The molecule has 0 spiro atoms. The van der Waals surface area contributed by atoms with E-state index in [0.717, 1.165) is 17.1 Å². The molecule has 76 valence electrons. The molecule has 2 N–H and O–H groups in total. The maximum absolute atomic E-state index is 6.07. The summed E-state index contributed by atoms with van der Waals surface area (Å²) < 4.78 is 5.36. The van der Waals surface area contributed by atoms with E-state index in [1.54, 1.807) is 0 Å². The average Bonchev–Trinajstić information content (AvgIpc) is 2.76. The predicted molar refractivity (Wildman–Crippen MR) is 54.1 cm³/mol. The van der Waals surface area contributed by atoms with E-state index in [1.807, 2.05) is 0 Å². The van der Waals surface area contributed by atoms with Gasteiger partial charge in [-0.1, -0.05) is 18.0 Å². The Hall–Kier alpha value is -0.990. The Labute approximate surface area is 83.6 Å². The Kier molecular flexibility index (Phi) is 1.79. The first-order valence-electron chi connectivity index (χ1n) is 5.61. The lowest BCUT2D eigenvalue weighted by Crippen LogP contribution is -1.98. The van der Waals surface area contributed by atoms with Crippen molar-refractivity contribution in [1.29, 1.82) is 0 Å². The summed E-state index contributed by atoms with van der Waals surface area (Å²) in [7, 11) is 0. The van der Waals surface area contributed by atoms with Crippen molar-refractivity contribution in [3.05, 3.63) is 11.5 Å². The summed E-state index contributed by atoms with van der Waals surface area (Å²) in [5.74, 6) is 2.12. The summed E-state index contributed by atoms with van der Waals surface area (Å²) in [5.41, 5.74) is 7.97. The lowest BCUT2D eigenvalue weighted by Gasteiger charge is -2.04. The molecule has 0 amide bonds. The normalized spacial score (nSPS) is 23.1. The van der Waals surface area contributed by atoms with Crippen molar-refractivity contribution in [2.45, 2.75) is 50.4 Å². The fraction of sp³-hybridized carbons (Fsp3) is 0.727. The van der Waals surface area contributed by atoms with Gasteiger partial charge in [-0.2, -0.15) is 0 Å². The van der Waals surface area contributed by atoms with E-state index in [2.05, 4.69) is 5.16 Å². The standard InChI is InChI=1S/C11H16N2O/c12-9-10(7-3-1-2-4-7)13-14-11(9)8-5-6-8/h7-8H,1-6,12H2. The number of aromatic nitrogens is 1. The molecule has 0 aliphatic heterocycles. The van der Waals surface area contributed by atoms with Crippen LogP contribution in [0, 0.1) is 0 Å². The monoisotopic (exact) mass is 192 g/mol. The smallest absolute Gasteiger partial charge is 0.162 e. The van der Waals surface area contributed by atoms with Crippen molar-refractivity contribution < 1.29 is 4.52 Å². The van der Waals surface area contributed by atoms with Crippen molar-refractivity contribution in [3.63, 3.8) is 0 Å². The number of anilines is 1. The van der Waals surface area contributed by atoms with Crippen LogP contribution < -0.4 is 5.73 Å². The lowest BCUT2D eigenvalue weighted by atomic mass is 10.0. The van der Waals surface area contributed by atoms with Gasteiger partial charge in [-0.05, 0) is 25.7 Å². The highest BCUT2D eigenvalue weighted by Crippen LogP contribution is 2.46. The highest BCUT2D eigenvalue weighted by atomic mass is 16.5. The first-order valence-corrected chi connectivity index (χ1v) is 5.61. The van der Waals surface area contributed by atoms with Crippen LogP contribution in [0.2, 0.25) is 0 Å². The van der Waals surface area contributed by atoms with Crippen LogP contribution in [-0.2, 0) is 0 Å². The second kappa shape index (κ2) is 3.01. The van der Waals surface area contributed by atoms with Crippen LogP contribution in [0.5, 0.6) is 0 Å². The quantitative estimate of drug-likeness (QED) is 0.783. The number of hydrogen-bond donors (Lipinski definition) is 1. The van der Waals surface area contributed by atoms with Gasteiger partial charge in [0.25, 0.3) is 0 Å². The SMILES string of the molecule is Nc1c(C2CCCC2)noc1C1CC1. The molecule has 0 bridgehead atoms. The summed E-state index contributed by atoms with van der Waals surface area (Å²) in [4.78, 5) is 0. The Bertz CT molecular complexity index is 335. The average molecular weight is 192 g/mol. The van der Waals surface area contributed by atoms with E-state index in [0.29, 0.717) is 11.8 Å². The highest BCUT2D eigenvalue weighted by molar-refractivity contribution is 5.50. The summed E-state index contributed by atoms with van der Waals surface area (Å²) >= 11 is 0. The summed E-state index contributed by atoms with van der Waals surface area (Å²) in [6.07, 6.45) is 7.56. The van der Waals surface area contributed by atoms with Crippen molar-refractivity contribution >= 4 is 5.69 Å². The number of nitrogens with two attached hydrogens (primary N) is 1. The van der Waals surface area contributed by atoms with Crippen LogP contribution in [0.1, 0.15) is 61.8 Å².